The maximum atomic E-state index is 12.3. The summed E-state index contributed by atoms with van der Waals surface area (Å²) in [7, 11) is 1.88. The molecule has 7 nitrogen and oxygen atoms in total. The van der Waals surface area contributed by atoms with E-state index in [1.807, 2.05) is 17.7 Å². The number of hydrogen-bond donors (Lipinski definition) is 1. The SMILES string of the molecule is C[n+]1ccc(C(=O)NC(C)(C)COC(=O)C2COc3ccccc3O2)cc1.[I-]. The lowest BCUT2D eigenvalue weighted by molar-refractivity contribution is -0.671. The first-order valence-electron chi connectivity index (χ1n) is 8.67. The normalized spacial score (nSPS) is 15.2. The molecule has 8 heteroatoms. The van der Waals surface area contributed by atoms with Gasteiger partial charge in [0.25, 0.3) is 5.91 Å². The predicted molar refractivity (Wildman–Crippen MR) is 96.5 cm³/mol. The number of esters is 1. The largest absolute Gasteiger partial charge is 1.00 e. The van der Waals surface area contributed by atoms with Crippen molar-refractivity contribution in [3.05, 3.63) is 54.4 Å². The Hall–Kier alpha value is -2.36. The van der Waals surface area contributed by atoms with Gasteiger partial charge in [-0.25, -0.2) is 9.36 Å². The van der Waals surface area contributed by atoms with Gasteiger partial charge in [0.2, 0.25) is 6.10 Å². The minimum atomic E-state index is -0.833. The van der Waals surface area contributed by atoms with Gasteiger partial charge in [0, 0.05) is 12.1 Å². The number of ether oxygens (including phenoxy) is 3. The molecule has 1 unspecified atom stereocenters. The van der Waals surface area contributed by atoms with Crippen LogP contribution in [0.2, 0.25) is 0 Å². The average molecular weight is 498 g/mol. The maximum absolute atomic E-state index is 12.3. The Kier molecular flexibility index (Phi) is 7.22. The molecule has 1 amide bonds. The van der Waals surface area contributed by atoms with E-state index in [9.17, 15) is 9.59 Å². The monoisotopic (exact) mass is 498 g/mol. The summed E-state index contributed by atoms with van der Waals surface area (Å²) in [5.74, 6) is 0.349. The zero-order valence-corrected chi connectivity index (χ0v) is 18.1. The quantitative estimate of drug-likeness (QED) is 0.306. The van der Waals surface area contributed by atoms with Crippen molar-refractivity contribution in [2.75, 3.05) is 13.2 Å². The lowest BCUT2D eigenvalue weighted by atomic mass is 10.1. The highest BCUT2D eigenvalue weighted by Gasteiger charge is 2.31. The molecule has 0 fully saturated rings. The highest BCUT2D eigenvalue weighted by molar-refractivity contribution is 5.94. The Bertz CT molecular complexity index is 839. The van der Waals surface area contributed by atoms with Crippen LogP contribution < -0.4 is 43.3 Å². The summed E-state index contributed by atoms with van der Waals surface area (Å²) in [6.45, 7) is 3.67. The second-order valence-corrected chi connectivity index (χ2v) is 7.06. The van der Waals surface area contributed by atoms with Gasteiger partial charge in [-0.2, -0.15) is 0 Å². The fraction of sp³-hybridized carbons (Fsp3) is 0.350. The molecule has 0 bridgehead atoms. The number of nitrogens with zero attached hydrogens (tertiary/aromatic N) is 1. The maximum Gasteiger partial charge on any atom is 0.351 e. The molecule has 28 heavy (non-hydrogen) atoms. The number of fused-ring (bicyclic) bond motifs is 1. The van der Waals surface area contributed by atoms with Crippen molar-refractivity contribution in [2.24, 2.45) is 7.05 Å². The van der Waals surface area contributed by atoms with Crippen LogP contribution in [-0.4, -0.2) is 36.7 Å². The Morgan fingerprint density at radius 2 is 1.82 bits per heavy atom. The van der Waals surface area contributed by atoms with Crippen LogP contribution in [0.15, 0.2) is 48.8 Å². The van der Waals surface area contributed by atoms with E-state index in [4.69, 9.17) is 14.2 Å². The first kappa shape index (κ1) is 21.9. The molecule has 1 aromatic heterocycles. The van der Waals surface area contributed by atoms with Crippen molar-refractivity contribution < 1.29 is 52.3 Å². The Morgan fingerprint density at radius 1 is 1.18 bits per heavy atom. The van der Waals surface area contributed by atoms with Gasteiger partial charge in [0.15, 0.2) is 23.9 Å². The van der Waals surface area contributed by atoms with Crippen LogP contribution in [0.25, 0.3) is 0 Å². The number of amides is 1. The molecule has 1 N–H and O–H groups in total. The zero-order valence-electron chi connectivity index (χ0n) is 16.0. The molecule has 1 aliphatic rings. The molecular formula is C20H23IN2O5. The molecular weight excluding hydrogens is 475 g/mol. The summed E-state index contributed by atoms with van der Waals surface area (Å²) in [6, 6.07) is 10.6. The van der Waals surface area contributed by atoms with E-state index >= 15 is 0 Å². The van der Waals surface area contributed by atoms with E-state index in [-0.39, 0.29) is 43.1 Å². The summed E-state index contributed by atoms with van der Waals surface area (Å²) in [4.78, 5) is 24.7. The number of carbonyl (C=O) groups is 2. The van der Waals surface area contributed by atoms with Crippen LogP contribution in [0.3, 0.4) is 0 Å². The van der Waals surface area contributed by atoms with Crippen molar-refractivity contribution in [3.8, 4) is 11.5 Å². The predicted octanol–water partition coefficient (Wildman–Crippen LogP) is -1.59. The smallest absolute Gasteiger partial charge is 0.351 e. The number of aryl methyl sites for hydroxylation is 1. The lowest BCUT2D eigenvalue weighted by Gasteiger charge is -2.28. The van der Waals surface area contributed by atoms with Crippen LogP contribution in [0, 0.1) is 0 Å². The van der Waals surface area contributed by atoms with Crippen molar-refractivity contribution >= 4 is 11.9 Å². The highest BCUT2D eigenvalue weighted by Crippen LogP contribution is 2.31. The number of halogens is 1. The molecule has 0 aliphatic carbocycles. The number of para-hydroxylation sites is 2. The number of aromatic nitrogens is 1. The summed E-state index contributed by atoms with van der Waals surface area (Å²) in [6.07, 6.45) is 2.75. The van der Waals surface area contributed by atoms with E-state index in [1.165, 1.54) is 0 Å². The van der Waals surface area contributed by atoms with E-state index in [0.29, 0.717) is 17.1 Å². The van der Waals surface area contributed by atoms with Crippen molar-refractivity contribution in [1.82, 2.24) is 5.32 Å². The van der Waals surface area contributed by atoms with E-state index in [2.05, 4.69) is 5.32 Å². The molecule has 1 aliphatic heterocycles. The van der Waals surface area contributed by atoms with Gasteiger partial charge in [-0.15, -0.1) is 0 Å². The van der Waals surface area contributed by atoms with Crippen LogP contribution in [-0.2, 0) is 16.6 Å². The van der Waals surface area contributed by atoms with Crippen molar-refractivity contribution in [1.29, 1.82) is 0 Å². The van der Waals surface area contributed by atoms with Gasteiger partial charge >= 0.3 is 5.97 Å². The molecule has 3 rings (SSSR count). The number of hydrogen-bond acceptors (Lipinski definition) is 5. The van der Waals surface area contributed by atoms with Gasteiger partial charge in [-0.3, -0.25) is 4.79 Å². The molecule has 2 aromatic rings. The van der Waals surface area contributed by atoms with E-state index in [0.717, 1.165) is 0 Å². The third-order valence-electron chi connectivity index (χ3n) is 4.04. The van der Waals surface area contributed by atoms with Crippen LogP contribution in [0.1, 0.15) is 24.2 Å². The molecule has 0 radical (unpaired) electrons. The fourth-order valence-corrected chi connectivity index (χ4v) is 2.55. The van der Waals surface area contributed by atoms with Gasteiger partial charge in [0.1, 0.15) is 20.3 Å². The second kappa shape index (κ2) is 9.22. The standard InChI is InChI=1S/C20H22N2O5.HI/c1-20(2,21-18(23)14-8-10-22(3)11-9-14)13-26-19(24)17-12-25-15-6-4-5-7-16(15)27-17;/h4-11,17H,12-13H2,1-3H3;1H. The van der Waals surface area contributed by atoms with Gasteiger partial charge in [-0.05, 0) is 26.0 Å². The minimum Gasteiger partial charge on any atom is -1.00 e. The topological polar surface area (TPSA) is 77.7 Å². The lowest BCUT2D eigenvalue weighted by Crippen LogP contribution is -3.00. The summed E-state index contributed by atoms with van der Waals surface area (Å²) in [5, 5.41) is 2.87. The number of rotatable bonds is 5. The van der Waals surface area contributed by atoms with Gasteiger partial charge < -0.3 is 43.5 Å². The molecule has 1 aromatic carbocycles. The Balaban J connectivity index is 0.00000280. The Labute approximate surface area is 181 Å². The Morgan fingerprint density at radius 3 is 2.50 bits per heavy atom. The average Bonchev–Trinajstić information content (AvgIpc) is 2.66. The number of pyridine rings is 1. The molecule has 0 saturated heterocycles. The van der Waals surface area contributed by atoms with E-state index in [1.54, 1.807) is 56.6 Å². The highest BCUT2D eigenvalue weighted by atomic mass is 127. The molecule has 0 saturated carbocycles. The second-order valence-electron chi connectivity index (χ2n) is 7.06. The van der Waals surface area contributed by atoms with Gasteiger partial charge in [0.05, 0.1) is 11.1 Å². The van der Waals surface area contributed by atoms with Crippen molar-refractivity contribution in [2.45, 2.75) is 25.5 Å². The number of benzene rings is 1. The van der Waals surface area contributed by atoms with E-state index < -0.39 is 17.6 Å². The van der Waals surface area contributed by atoms with Crippen LogP contribution in [0.5, 0.6) is 11.5 Å². The third kappa shape index (κ3) is 5.57. The number of carbonyl (C=O) groups excluding carboxylic acids is 2. The summed E-state index contributed by atoms with van der Waals surface area (Å²) >= 11 is 0. The van der Waals surface area contributed by atoms with Crippen LogP contribution in [0.4, 0.5) is 0 Å². The fourth-order valence-electron chi connectivity index (χ4n) is 2.55. The molecule has 0 spiro atoms. The zero-order chi connectivity index (χ0) is 19.4. The molecule has 150 valence electrons. The minimum absolute atomic E-state index is 0. The molecule has 1 atom stereocenters. The first-order valence-corrected chi connectivity index (χ1v) is 8.67. The first-order chi connectivity index (χ1) is 12.8. The third-order valence-corrected chi connectivity index (χ3v) is 4.04. The number of nitrogens with one attached hydrogen (secondary N) is 1. The summed E-state index contributed by atoms with van der Waals surface area (Å²) < 4.78 is 18.4. The summed E-state index contributed by atoms with van der Waals surface area (Å²) in [5.41, 5.74) is -0.203. The molecule has 2 heterocycles. The van der Waals surface area contributed by atoms with Crippen LogP contribution >= 0.6 is 0 Å². The van der Waals surface area contributed by atoms with Gasteiger partial charge in [-0.1, -0.05) is 12.1 Å². The van der Waals surface area contributed by atoms with Crippen molar-refractivity contribution in [3.63, 3.8) is 0 Å².